The lowest BCUT2D eigenvalue weighted by Gasteiger charge is -2.05. The zero-order valence-corrected chi connectivity index (χ0v) is 10.7. The maximum atomic E-state index is 5.84. The molecule has 0 saturated carbocycles. The summed E-state index contributed by atoms with van der Waals surface area (Å²) in [7, 11) is 1.63. The molecule has 74 valence electrons. The van der Waals surface area contributed by atoms with Crippen molar-refractivity contribution in [2.24, 2.45) is 0 Å². The molecule has 0 aliphatic heterocycles. The predicted octanol–water partition coefficient (Wildman–Crippen LogP) is 4.45. The van der Waals surface area contributed by atoms with E-state index >= 15 is 0 Å². The van der Waals surface area contributed by atoms with Gasteiger partial charge in [0.25, 0.3) is 0 Å². The molecule has 0 aliphatic carbocycles. The van der Waals surface area contributed by atoms with Gasteiger partial charge in [0.05, 0.1) is 12.1 Å². The minimum Gasteiger partial charge on any atom is -0.496 e. The predicted molar refractivity (Wildman–Crippen MR) is 61.8 cm³/mol. The molecule has 0 spiro atoms. The standard InChI is InChI=1S/C8H8BrClO.C2H6/c1-5-3-6(9)7(10)4-8(5)11-2;1-2/h3-4H,1-2H3;1-2H3. The van der Waals surface area contributed by atoms with Crippen molar-refractivity contribution >= 4 is 27.5 Å². The van der Waals surface area contributed by atoms with Crippen molar-refractivity contribution < 1.29 is 4.74 Å². The Morgan fingerprint density at radius 2 is 1.85 bits per heavy atom. The van der Waals surface area contributed by atoms with E-state index in [0.29, 0.717) is 5.02 Å². The van der Waals surface area contributed by atoms with Crippen LogP contribution in [-0.4, -0.2) is 7.11 Å². The number of hydrogen-bond donors (Lipinski definition) is 0. The molecule has 0 radical (unpaired) electrons. The van der Waals surface area contributed by atoms with E-state index in [1.165, 1.54) is 0 Å². The average molecular weight is 266 g/mol. The van der Waals surface area contributed by atoms with E-state index in [4.69, 9.17) is 16.3 Å². The van der Waals surface area contributed by atoms with Gasteiger partial charge in [0.15, 0.2) is 0 Å². The van der Waals surface area contributed by atoms with Gasteiger partial charge < -0.3 is 4.74 Å². The molecule has 0 atom stereocenters. The number of rotatable bonds is 1. The van der Waals surface area contributed by atoms with Gasteiger partial charge in [0, 0.05) is 10.5 Å². The van der Waals surface area contributed by atoms with Gasteiger partial charge in [-0.3, -0.25) is 0 Å². The monoisotopic (exact) mass is 264 g/mol. The number of methoxy groups -OCH3 is 1. The second-order valence-corrected chi connectivity index (χ2v) is 3.50. The average Bonchev–Trinajstić information content (AvgIpc) is 2.15. The van der Waals surface area contributed by atoms with Gasteiger partial charge in [0.1, 0.15) is 5.75 Å². The first kappa shape index (κ1) is 12.8. The van der Waals surface area contributed by atoms with Crippen molar-refractivity contribution in [3.8, 4) is 5.75 Å². The molecule has 1 aromatic rings. The highest BCUT2D eigenvalue weighted by molar-refractivity contribution is 9.10. The van der Waals surface area contributed by atoms with E-state index in [-0.39, 0.29) is 0 Å². The first-order valence-electron chi connectivity index (χ1n) is 4.15. The van der Waals surface area contributed by atoms with Gasteiger partial charge in [-0.1, -0.05) is 25.4 Å². The van der Waals surface area contributed by atoms with Crippen LogP contribution in [0, 0.1) is 6.92 Å². The van der Waals surface area contributed by atoms with Crippen LogP contribution in [0.2, 0.25) is 5.02 Å². The molecule has 1 nitrogen and oxygen atoms in total. The van der Waals surface area contributed by atoms with Gasteiger partial charge in [-0.2, -0.15) is 0 Å². The largest absolute Gasteiger partial charge is 0.496 e. The summed E-state index contributed by atoms with van der Waals surface area (Å²) >= 11 is 9.16. The number of halogens is 2. The molecule has 0 saturated heterocycles. The summed E-state index contributed by atoms with van der Waals surface area (Å²) in [5.41, 5.74) is 1.07. The van der Waals surface area contributed by atoms with E-state index in [9.17, 15) is 0 Å². The fourth-order valence-electron chi connectivity index (χ4n) is 0.848. The third-order valence-corrected chi connectivity index (χ3v) is 2.63. The van der Waals surface area contributed by atoms with Crippen LogP contribution in [0.3, 0.4) is 0 Å². The first-order valence-corrected chi connectivity index (χ1v) is 5.32. The summed E-state index contributed by atoms with van der Waals surface area (Å²) in [6.07, 6.45) is 0. The molecule has 0 bridgehead atoms. The van der Waals surface area contributed by atoms with Crippen LogP contribution in [0.1, 0.15) is 19.4 Å². The number of benzene rings is 1. The van der Waals surface area contributed by atoms with Crippen molar-refractivity contribution in [2.75, 3.05) is 7.11 Å². The zero-order valence-electron chi connectivity index (χ0n) is 8.32. The Bertz CT molecular complexity index is 274. The molecule has 0 amide bonds. The van der Waals surface area contributed by atoms with Crippen molar-refractivity contribution in [2.45, 2.75) is 20.8 Å². The van der Waals surface area contributed by atoms with Crippen LogP contribution in [0.4, 0.5) is 0 Å². The van der Waals surface area contributed by atoms with E-state index in [2.05, 4.69) is 15.9 Å². The van der Waals surface area contributed by atoms with E-state index < -0.39 is 0 Å². The summed E-state index contributed by atoms with van der Waals surface area (Å²) < 4.78 is 5.98. The Morgan fingerprint density at radius 3 is 2.31 bits per heavy atom. The normalized spacial score (nSPS) is 8.77. The highest BCUT2D eigenvalue weighted by Gasteiger charge is 2.02. The zero-order chi connectivity index (χ0) is 10.4. The van der Waals surface area contributed by atoms with Gasteiger partial charge in [-0.25, -0.2) is 0 Å². The Labute approximate surface area is 93.2 Å². The van der Waals surface area contributed by atoms with Crippen molar-refractivity contribution in [3.05, 3.63) is 27.2 Å². The molecular weight excluding hydrogens is 251 g/mol. The Balaban J connectivity index is 0.000000671. The van der Waals surface area contributed by atoms with E-state index in [1.54, 1.807) is 13.2 Å². The second-order valence-electron chi connectivity index (χ2n) is 2.24. The highest BCUT2D eigenvalue weighted by Crippen LogP contribution is 2.29. The third kappa shape index (κ3) is 3.57. The molecule has 0 aromatic heterocycles. The smallest absolute Gasteiger partial charge is 0.123 e. The highest BCUT2D eigenvalue weighted by atomic mass is 79.9. The van der Waals surface area contributed by atoms with Crippen LogP contribution >= 0.6 is 27.5 Å². The lowest BCUT2D eigenvalue weighted by atomic mass is 10.2. The van der Waals surface area contributed by atoms with Crippen molar-refractivity contribution in [1.29, 1.82) is 0 Å². The number of aryl methyl sites for hydroxylation is 1. The van der Waals surface area contributed by atoms with E-state index in [0.717, 1.165) is 15.8 Å². The summed E-state index contributed by atoms with van der Waals surface area (Å²) in [5.74, 6) is 0.818. The fourth-order valence-corrected chi connectivity index (χ4v) is 1.46. The van der Waals surface area contributed by atoms with Gasteiger partial charge in [-0.15, -0.1) is 0 Å². The van der Waals surface area contributed by atoms with Crippen LogP contribution in [0.5, 0.6) is 5.75 Å². The summed E-state index contributed by atoms with van der Waals surface area (Å²) in [6.45, 7) is 5.97. The molecule has 3 heteroatoms. The topological polar surface area (TPSA) is 9.23 Å². The molecule has 0 aliphatic rings. The molecule has 1 aromatic carbocycles. The van der Waals surface area contributed by atoms with Crippen LogP contribution in [-0.2, 0) is 0 Å². The fraction of sp³-hybridized carbons (Fsp3) is 0.400. The molecule has 0 heterocycles. The minimum atomic E-state index is 0.674. The Hall–Kier alpha value is -0.210. The SMILES string of the molecule is CC.COc1cc(Cl)c(Br)cc1C. The molecule has 13 heavy (non-hydrogen) atoms. The number of hydrogen-bond acceptors (Lipinski definition) is 1. The summed E-state index contributed by atoms with van der Waals surface area (Å²) in [6, 6.07) is 3.72. The lowest BCUT2D eigenvalue weighted by Crippen LogP contribution is -1.86. The third-order valence-electron chi connectivity index (χ3n) is 1.44. The van der Waals surface area contributed by atoms with Gasteiger partial charge >= 0.3 is 0 Å². The summed E-state index contributed by atoms with van der Waals surface area (Å²) in [5, 5.41) is 0.674. The molecular formula is C10H14BrClO. The first-order chi connectivity index (χ1) is 6.15. The van der Waals surface area contributed by atoms with E-state index in [1.807, 2.05) is 26.8 Å². The van der Waals surface area contributed by atoms with Crippen molar-refractivity contribution in [1.82, 2.24) is 0 Å². The van der Waals surface area contributed by atoms with Gasteiger partial charge in [-0.05, 0) is 34.5 Å². The Morgan fingerprint density at radius 1 is 1.31 bits per heavy atom. The van der Waals surface area contributed by atoms with Crippen LogP contribution in [0.15, 0.2) is 16.6 Å². The maximum absolute atomic E-state index is 5.84. The minimum absolute atomic E-state index is 0.674. The maximum Gasteiger partial charge on any atom is 0.123 e. The quantitative estimate of drug-likeness (QED) is 0.729. The molecule has 0 fully saturated rings. The van der Waals surface area contributed by atoms with Crippen LogP contribution < -0.4 is 4.74 Å². The lowest BCUT2D eigenvalue weighted by molar-refractivity contribution is 0.411. The van der Waals surface area contributed by atoms with Crippen LogP contribution in [0.25, 0.3) is 0 Å². The molecule has 0 N–H and O–H groups in total. The number of ether oxygens (including phenoxy) is 1. The van der Waals surface area contributed by atoms with Gasteiger partial charge in [0.2, 0.25) is 0 Å². The second kappa shape index (κ2) is 6.28. The molecule has 0 unspecified atom stereocenters. The summed E-state index contributed by atoms with van der Waals surface area (Å²) in [4.78, 5) is 0. The Kier molecular flexibility index (Phi) is 6.17. The molecule has 1 rings (SSSR count). The van der Waals surface area contributed by atoms with Crippen molar-refractivity contribution in [3.63, 3.8) is 0 Å².